The van der Waals surface area contributed by atoms with Crippen LogP contribution < -0.4 is 0 Å². The zero-order chi connectivity index (χ0) is 8.39. The highest BCUT2D eigenvalue weighted by Gasteiger charge is 2.16. The Balaban J connectivity index is 2.17. The molecule has 0 N–H and O–H groups in total. The molecule has 0 unspecified atom stereocenters. The molecule has 0 spiro atoms. The molecule has 1 aromatic rings. The fraction of sp³-hybridized carbons (Fsp3) is 0.500. The molecule has 0 saturated heterocycles. The van der Waals surface area contributed by atoms with Crippen LogP contribution in [0, 0.1) is 12.3 Å². The highest BCUT2D eigenvalue weighted by Crippen LogP contribution is 2.28. The lowest BCUT2D eigenvalue weighted by Gasteiger charge is -2.07. The van der Waals surface area contributed by atoms with Crippen molar-refractivity contribution in [2.45, 2.75) is 31.7 Å². The molecule has 0 amide bonds. The summed E-state index contributed by atoms with van der Waals surface area (Å²) >= 11 is 0. The van der Waals surface area contributed by atoms with Crippen LogP contribution in [0.15, 0.2) is 12.4 Å². The summed E-state index contributed by atoms with van der Waals surface area (Å²) in [4.78, 5) is 0. The molecule has 2 rings (SSSR count). The van der Waals surface area contributed by atoms with Gasteiger partial charge in [-0.3, -0.25) is 4.68 Å². The van der Waals surface area contributed by atoms with Crippen molar-refractivity contribution in [3.8, 4) is 12.3 Å². The van der Waals surface area contributed by atoms with E-state index in [2.05, 4.69) is 11.0 Å². The summed E-state index contributed by atoms with van der Waals surface area (Å²) in [6, 6.07) is 0.604. The minimum atomic E-state index is 0.604. The highest BCUT2D eigenvalue weighted by atomic mass is 15.3. The van der Waals surface area contributed by atoms with Gasteiger partial charge in [0.2, 0.25) is 0 Å². The van der Waals surface area contributed by atoms with E-state index in [0.29, 0.717) is 6.04 Å². The molecule has 2 heteroatoms. The fourth-order valence-electron chi connectivity index (χ4n) is 1.78. The molecule has 0 radical (unpaired) electrons. The first-order valence-electron chi connectivity index (χ1n) is 4.41. The third-order valence-electron chi connectivity index (χ3n) is 2.47. The Kier molecular flexibility index (Phi) is 1.87. The molecule has 1 aliphatic rings. The van der Waals surface area contributed by atoms with Crippen molar-refractivity contribution in [1.29, 1.82) is 0 Å². The Labute approximate surface area is 72.6 Å². The first kappa shape index (κ1) is 7.42. The molecule has 1 heterocycles. The van der Waals surface area contributed by atoms with E-state index in [-0.39, 0.29) is 0 Å². The van der Waals surface area contributed by atoms with Crippen LogP contribution in [0.3, 0.4) is 0 Å². The van der Waals surface area contributed by atoms with Crippen LogP contribution in [0.4, 0.5) is 0 Å². The number of terminal acetylenes is 1. The highest BCUT2D eigenvalue weighted by molar-refractivity contribution is 5.26. The average molecular weight is 160 g/mol. The third kappa shape index (κ3) is 1.23. The predicted octanol–water partition coefficient (Wildman–Crippen LogP) is 1.98. The Morgan fingerprint density at radius 1 is 1.50 bits per heavy atom. The van der Waals surface area contributed by atoms with E-state index in [9.17, 15) is 0 Å². The number of nitrogens with zero attached hydrogens (tertiary/aromatic N) is 2. The summed E-state index contributed by atoms with van der Waals surface area (Å²) in [7, 11) is 0. The SMILES string of the molecule is C#Cc1cnn(C2CCCC2)c1. The van der Waals surface area contributed by atoms with Gasteiger partial charge >= 0.3 is 0 Å². The zero-order valence-electron chi connectivity index (χ0n) is 7.03. The fourth-order valence-corrected chi connectivity index (χ4v) is 1.78. The van der Waals surface area contributed by atoms with Gasteiger partial charge in [0.25, 0.3) is 0 Å². The van der Waals surface area contributed by atoms with E-state index in [1.807, 2.05) is 10.9 Å². The van der Waals surface area contributed by atoms with Crippen molar-refractivity contribution in [3.05, 3.63) is 18.0 Å². The maximum absolute atomic E-state index is 5.26. The van der Waals surface area contributed by atoms with Gasteiger partial charge in [-0.1, -0.05) is 18.8 Å². The smallest absolute Gasteiger partial charge is 0.0646 e. The van der Waals surface area contributed by atoms with Crippen LogP contribution in [0.1, 0.15) is 37.3 Å². The normalized spacial score (nSPS) is 17.9. The van der Waals surface area contributed by atoms with Crippen LogP contribution in [-0.4, -0.2) is 9.78 Å². The first-order chi connectivity index (χ1) is 5.90. The summed E-state index contributed by atoms with van der Waals surface area (Å²) < 4.78 is 2.02. The van der Waals surface area contributed by atoms with E-state index in [0.717, 1.165) is 5.56 Å². The second-order valence-corrected chi connectivity index (χ2v) is 3.29. The number of aromatic nitrogens is 2. The molecule has 2 nitrogen and oxygen atoms in total. The Morgan fingerprint density at radius 2 is 2.25 bits per heavy atom. The minimum Gasteiger partial charge on any atom is -0.268 e. The van der Waals surface area contributed by atoms with Gasteiger partial charge in [-0.15, -0.1) is 6.42 Å². The lowest BCUT2D eigenvalue weighted by molar-refractivity contribution is 0.467. The van der Waals surface area contributed by atoms with Gasteiger partial charge in [0.1, 0.15) is 0 Å². The average Bonchev–Trinajstić information content (AvgIpc) is 2.75. The topological polar surface area (TPSA) is 17.8 Å². The van der Waals surface area contributed by atoms with E-state index in [1.54, 1.807) is 6.20 Å². The summed E-state index contributed by atoms with van der Waals surface area (Å²) in [5, 5.41) is 4.24. The Bertz CT molecular complexity index is 300. The lowest BCUT2D eigenvalue weighted by Crippen LogP contribution is -2.04. The number of hydrogen-bond donors (Lipinski definition) is 0. The maximum atomic E-state index is 5.26. The quantitative estimate of drug-likeness (QED) is 0.574. The van der Waals surface area contributed by atoms with Gasteiger partial charge in [0, 0.05) is 6.20 Å². The van der Waals surface area contributed by atoms with Crippen molar-refractivity contribution in [1.82, 2.24) is 9.78 Å². The third-order valence-corrected chi connectivity index (χ3v) is 2.47. The van der Waals surface area contributed by atoms with Crippen LogP contribution in [0.5, 0.6) is 0 Å². The van der Waals surface area contributed by atoms with E-state index in [1.165, 1.54) is 25.7 Å². The maximum Gasteiger partial charge on any atom is 0.0646 e. The van der Waals surface area contributed by atoms with Crippen LogP contribution in [0.25, 0.3) is 0 Å². The molecule has 0 aromatic carbocycles. The van der Waals surface area contributed by atoms with Crippen molar-refractivity contribution in [3.63, 3.8) is 0 Å². The Morgan fingerprint density at radius 3 is 2.83 bits per heavy atom. The van der Waals surface area contributed by atoms with Crippen LogP contribution >= 0.6 is 0 Å². The summed E-state index contributed by atoms with van der Waals surface area (Å²) in [5.74, 6) is 2.59. The molecule has 1 saturated carbocycles. The van der Waals surface area contributed by atoms with Gasteiger partial charge in [-0.05, 0) is 12.8 Å². The molecular formula is C10H12N2. The van der Waals surface area contributed by atoms with Crippen molar-refractivity contribution in [2.75, 3.05) is 0 Å². The van der Waals surface area contributed by atoms with Gasteiger partial charge in [-0.25, -0.2) is 0 Å². The number of hydrogen-bond acceptors (Lipinski definition) is 1. The molecule has 62 valence electrons. The van der Waals surface area contributed by atoms with Crippen LogP contribution in [0.2, 0.25) is 0 Å². The van der Waals surface area contributed by atoms with Gasteiger partial charge in [0.05, 0.1) is 17.8 Å². The largest absolute Gasteiger partial charge is 0.268 e. The lowest BCUT2D eigenvalue weighted by atomic mass is 10.2. The predicted molar refractivity (Wildman–Crippen MR) is 47.7 cm³/mol. The zero-order valence-corrected chi connectivity index (χ0v) is 7.03. The Hall–Kier alpha value is -1.23. The summed E-state index contributed by atoms with van der Waals surface area (Å²) in [5.41, 5.74) is 0.891. The standard InChI is InChI=1S/C10H12N2/c1-2-9-7-11-12(8-9)10-5-3-4-6-10/h1,7-8,10H,3-6H2. The van der Waals surface area contributed by atoms with Crippen LogP contribution in [-0.2, 0) is 0 Å². The second-order valence-electron chi connectivity index (χ2n) is 3.29. The van der Waals surface area contributed by atoms with E-state index >= 15 is 0 Å². The van der Waals surface area contributed by atoms with E-state index in [4.69, 9.17) is 6.42 Å². The summed E-state index contributed by atoms with van der Waals surface area (Å²) in [6.45, 7) is 0. The monoisotopic (exact) mass is 160 g/mol. The summed E-state index contributed by atoms with van der Waals surface area (Å²) in [6.07, 6.45) is 14.2. The van der Waals surface area contributed by atoms with Crippen molar-refractivity contribution < 1.29 is 0 Å². The first-order valence-corrected chi connectivity index (χ1v) is 4.41. The second kappa shape index (κ2) is 3.02. The van der Waals surface area contributed by atoms with E-state index < -0.39 is 0 Å². The molecule has 1 fully saturated rings. The minimum absolute atomic E-state index is 0.604. The van der Waals surface area contributed by atoms with Gasteiger partial charge in [-0.2, -0.15) is 5.10 Å². The molecule has 0 bridgehead atoms. The number of rotatable bonds is 1. The molecule has 1 aromatic heterocycles. The molecule has 12 heavy (non-hydrogen) atoms. The molecule has 0 atom stereocenters. The van der Waals surface area contributed by atoms with Gasteiger partial charge in [0.15, 0.2) is 0 Å². The van der Waals surface area contributed by atoms with Crippen molar-refractivity contribution in [2.24, 2.45) is 0 Å². The van der Waals surface area contributed by atoms with Crippen molar-refractivity contribution >= 4 is 0 Å². The molecule has 1 aliphatic carbocycles. The van der Waals surface area contributed by atoms with Gasteiger partial charge < -0.3 is 0 Å². The molecule has 0 aliphatic heterocycles. The molecular weight excluding hydrogens is 148 g/mol.